The number of nitrogens with zero attached hydrogens (tertiary/aromatic N) is 2. The fourth-order valence-corrected chi connectivity index (χ4v) is 1.62. The minimum Gasteiger partial charge on any atom is -0.400 e. The molecular weight excluding hydrogens is 230 g/mol. The van der Waals surface area contributed by atoms with E-state index in [-0.39, 0.29) is 5.88 Å². The number of aromatic nitrogens is 3. The molecule has 0 saturated heterocycles. The molecule has 0 atom stereocenters. The van der Waals surface area contributed by atoms with Gasteiger partial charge in [0.25, 0.3) is 5.88 Å². The average Bonchev–Trinajstić information content (AvgIpc) is 2.83. The number of carbonyl (C=O) groups is 1. The molecule has 88 valence electrons. The van der Waals surface area contributed by atoms with Crippen molar-refractivity contribution >= 4 is 17.0 Å². The van der Waals surface area contributed by atoms with Gasteiger partial charge in [-0.3, -0.25) is 5.10 Å². The van der Waals surface area contributed by atoms with Crippen LogP contribution in [0.25, 0.3) is 11.0 Å². The van der Waals surface area contributed by atoms with E-state index >= 15 is 0 Å². The number of benzene rings is 1. The molecule has 0 amide bonds. The van der Waals surface area contributed by atoms with Crippen LogP contribution in [0, 0.1) is 0 Å². The molecule has 0 aliphatic carbocycles. The maximum Gasteiger partial charge on any atom is 0.344 e. The Hall–Kier alpha value is -2.69. The molecule has 0 aliphatic heterocycles. The minimum absolute atomic E-state index is 0.194. The van der Waals surface area contributed by atoms with E-state index in [1.807, 2.05) is 12.1 Å². The average molecular weight is 239 g/mol. The zero-order chi connectivity index (χ0) is 12.4. The lowest BCUT2D eigenvalue weighted by Crippen LogP contribution is -2.08. The molecule has 0 aliphatic rings. The molecule has 2 aromatic heterocycles. The van der Waals surface area contributed by atoms with E-state index in [2.05, 4.69) is 15.2 Å². The zero-order valence-electron chi connectivity index (χ0n) is 9.33. The number of nitrogens with one attached hydrogen (secondary N) is 1. The smallest absolute Gasteiger partial charge is 0.344 e. The molecule has 0 bridgehead atoms. The number of fused-ring (bicyclic) bond motifs is 1. The van der Waals surface area contributed by atoms with Crippen LogP contribution in [-0.4, -0.2) is 21.2 Å². The van der Waals surface area contributed by atoms with Crippen LogP contribution in [0.15, 0.2) is 48.7 Å². The Balaban J connectivity index is 1.91. The first-order chi connectivity index (χ1) is 8.84. The van der Waals surface area contributed by atoms with Crippen LogP contribution in [0.4, 0.5) is 0 Å². The molecule has 0 fully saturated rings. The van der Waals surface area contributed by atoms with Crippen LogP contribution in [0.5, 0.6) is 5.88 Å². The highest BCUT2D eigenvalue weighted by atomic mass is 16.5. The summed E-state index contributed by atoms with van der Waals surface area (Å²) in [5.41, 5.74) is 1.75. The first-order valence-corrected chi connectivity index (χ1v) is 5.41. The summed E-state index contributed by atoms with van der Waals surface area (Å²) in [7, 11) is 0. The summed E-state index contributed by atoms with van der Waals surface area (Å²) in [4.78, 5) is 16.0. The third kappa shape index (κ3) is 1.82. The van der Waals surface area contributed by atoms with Gasteiger partial charge in [0.05, 0.1) is 11.1 Å². The highest BCUT2D eigenvalue weighted by Gasteiger charge is 2.13. The van der Waals surface area contributed by atoms with Crippen molar-refractivity contribution in [1.29, 1.82) is 0 Å². The lowest BCUT2D eigenvalue weighted by molar-refractivity contribution is 0.0729. The van der Waals surface area contributed by atoms with Crippen LogP contribution in [0.2, 0.25) is 0 Å². The number of pyridine rings is 1. The van der Waals surface area contributed by atoms with Crippen molar-refractivity contribution in [3.05, 3.63) is 54.2 Å². The number of H-pyrrole nitrogens is 1. The van der Waals surface area contributed by atoms with Crippen LogP contribution in [-0.2, 0) is 0 Å². The van der Waals surface area contributed by atoms with Gasteiger partial charge in [0, 0.05) is 6.20 Å². The van der Waals surface area contributed by atoms with Crippen molar-refractivity contribution in [2.45, 2.75) is 0 Å². The van der Waals surface area contributed by atoms with Gasteiger partial charge in [-0.1, -0.05) is 18.2 Å². The van der Waals surface area contributed by atoms with Crippen molar-refractivity contribution in [3.63, 3.8) is 0 Å². The van der Waals surface area contributed by atoms with E-state index in [0.717, 1.165) is 5.52 Å². The standard InChI is InChI=1S/C13H9N3O2/c17-13(9-5-2-1-3-6-9)18-12-11-10(15-16-12)7-4-8-14-11/h1-8H,(H,15,16). The predicted molar refractivity (Wildman–Crippen MR) is 65.3 cm³/mol. The summed E-state index contributed by atoms with van der Waals surface area (Å²) in [6.07, 6.45) is 1.62. The number of aromatic amines is 1. The van der Waals surface area contributed by atoms with Gasteiger partial charge in [-0.25, -0.2) is 9.78 Å². The molecule has 0 saturated carbocycles. The van der Waals surface area contributed by atoms with Gasteiger partial charge in [-0.05, 0) is 24.3 Å². The molecule has 3 rings (SSSR count). The first-order valence-electron chi connectivity index (χ1n) is 5.41. The minimum atomic E-state index is -0.449. The fourth-order valence-electron chi connectivity index (χ4n) is 1.62. The fraction of sp³-hybridized carbons (Fsp3) is 0. The summed E-state index contributed by atoms with van der Waals surface area (Å²) in [5, 5.41) is 6.69. The van der Waals surface area contributed by atoms with E-state index in [4.69, 9.17) is 4.74 Å². The molecular formula is C13H9N3O2. The second kappa shape index (κ2) is 4.29. The van der Waals surface area contributed by atoms with Crippen LogP contribution >= 0.6 is 0 Å². The number of esters is 1. The Morgan fingerprint density at radius 3 is 2.78 bits per heavy atom. The topological polar surface area (TPSA) is 67.9 Å². The molecule has 1 aromatic carbocycles. The maximum absolute atomic E-state index is 11.9. The highest BCUT2D eigenvalue weighted by Crippen LogP contribution is 2.20. The zero-order valence-corrected chi connectivity index (χ0v) is 9.33. The third-order valence-electron chi connectivity index (χ3n) is 2.49. The largest absolute Gasteiger partial charge is 0.400 e. The summed E-state index contributed by atoms with van der Waals surface area (Å²) in [6.45, 7) is 0. The van der Waals surface area contributed by atoms with Crippen molar-refractivity contribution in [3.8, 4) is 5.88 Å². The molecule has 5 heteroatoms. The first kappa shape index (κ1) is 10.5. The molecule has 0 spiro atoms. The summed E-state index contributed by atoms with van der Waals surface area (Å²) in [6, 6.07) is 12.4. The molecule has 0 radical (unpaired) electrons. The SMILES string of the molecule is O=C(Oc1n[nH]c2cccnc12)c1ccccc1. The van der Waals surface area contributed by atoms with Gasteiger partial charge in [0.1, 0.15) is 0 Å². The van der Waals surface area contributed by atoms with Gasteiger partial charge in [0.2, 0.25) is 0 Å². The van der Waals surface area contributed by atoms with E-state index < -0.39 is 5.97 Å². The summed E-state index contributed by atoms with van der Waals surface area (Å²) < 4.78 is 5.21. The Labute approximate surface area is 102 Å². The lowest BCUT2D eigenvalue weighted by Gasteiger charge is -2.00. The predicted octanol–water partition coefficient (Wildman–Crippen LogP) is 2.18. The second-order valence-electron chi connectivity index (χ2n) is 3.68. The van der Waals surface area contributed by atoms with Crippen LogP contribution in [0.3, 0.4) is 0 Å². The monoisotopic (exact) mass is 239 g/mol. The Morgan fingerprint density at radius 2 is 1.94 bits per heavy atom. The van der Waals surface area contributed by atoms with Crippen molar-refractivity contribution < 1.29 is 9.53 Å². The van der Waals surface area contributed by atoms with E-state index in [1.165, 1.54) is 0 Å². The van der Waals surface area contributed by atoms with Crippen molar-refractivity contribution in [1.82, 2.24) is 15.2 Å². The highest BCUT2D eigenvalue weighted by molar-refractivity contribution is 5.92. The second-order valence-corrected chi connectivity index (χ2v) is 3.68. The number of hydrogen-bond donors (Lipinski definition) is 1. The van der Waals surface area contributed by atoms with E-state index in [9.17, 15) is 4.79 Å². The van der Waals surface area contributed by atoms with Gasteiger partial charge in [-0.2, -0.15) is 0 Å². The van der Waals surface area contributed by atoms with Gasteiger partial charge < -0.3 is 4.74 Å². The normalized spacial score (nSPS) is 10.4. The third-order valence-corrected chi connectivity index (χ3v) is 2.49. The van der Waals surface area contributed by atoms with Gasteiger partial charge in [-0.15, -0.1) is 5.10 Å². The van der Waals surface area contributed by atoms with E-state index in [1.54, 1.807) is 36.5 Å². The molecule has 1 N–H and O–H groups in total. The number of carbonyl (C=O) groups excluding carboxylic acids is 1. The molecule has 5 nitrogen and oxygen atoms in total. The Morgan fingerprint density at radius 1 is 1.11 bits per heavy atom. The Bertz CT molecular complexity index is 692. The molecule has 0 unspecified atom stereocenters. The van der Waals surface area contributed by atoms with Crippen molar-refractivity contribution in [2.75, 3.05) is 0 Å². The quantitative estimate of drug-likeness (QED) is 0.696. The van der Waals surface area contributed by atoms with Gasteiger partial charge in [0.15, 0.2) is 5.52 Å². The summed E-state index contributed by atoms with van der Waals surface area (Å²) >= 11 is 0. The van der Waals surface area contributed by atoms with Crippen LogP contribution in [0.1, 0.15) is 10.4 Å². The molecule has 18 heavy (non-hydrogen) atoms. The molecule has 2 heterocycles. The summed E-state index contributed by atoms with van der Waals surface area (Å²) in [5.74, 6) is -0.255. The lowest BCUT2D eigenvalue weighted by atomic mass is 10.2. The molecule has 3 aromatic rings. The van der Waals surface area contributed by atoms with Gasteiger partial charge >= 0.3 is 5.97 Å². The van der Waals surface area contributed by atoms with Crippen LogP contribution < -0.4 is 4.74 Å². The van der Waals surface area contributed by atoms with E-state index in [0.29, 0.717) is 11.1 Å². The number of rotatable bonds is 2. The van der Waals surface area contributed by atoms with Crippen molar-refractivity contribution in [2.24, 2.45) is 0 Å². The maximum atomic E-state index is 11.9. The number of ether oxygens (including phenoxy) is 1. The number of hydrogen-bond acceptors (Lipinski definition) is 4. The Kier molecular flexibility index (Phi) is 2.49.